The second-order valence-electron chi connectivity index (χ2n) is 4.41. The van der Waals surface area contributed by atoms with Gasteiger partial charge < -0.3 is 10.4 Å². The van der Waals surface area contributed by atoms with E-state index in [1.54, 1.807) is 14.1 Å². The van der Waals surface area contributed by atoms with Gasteiger partial charge in [0.05, 0.1) is 0 Å². The minimum absolute atomic E-state index is 0.464. The third-order valence-electron chi connectivity index (χ3n) is 2.79. The van der Waals surface area contributed by atoms with Crippen molar-refractivity contribution in [2.45, 2.75) is 37.6 Å². The van der Waals surface area contributed by atoms with Crippen molar-refractivity contribution in [3.63, 3.8) is 0 Å². The summed E-state index contributed by atoms with van der Waals surface area (Å²) < 4.78 is 0. The predicted molar refractivity (Wildman–Crippen MR) is 58.8 cm³/mol. The smallest absolute Gasteiger partial charge is 0.330 e. The Kier molecular flexibility index (Phi) is 4.12. The Hall–Kier alpha value is -1.30. The van der Waals surface area contributed by atoms with Crippen molar-refractivity contribution in [3.8, 4) is 0 Å². The number of hydrogen-bond acceptors (Lipinski definition) is 3. The van der Waals surface area contributed by atoms with E-state index in [0.717, 1.165) is 19.3 Å². The van der Waals surface area contributed by atoms with Crippen LogP contribution < -0.4 is 10.7 Å². The summed E-state index contributed by atoms with van der Waals surface area (Å²) in [5, 5.41) is 13.3. The number of hydrogen-bond donors (Lipinski definition) is 3. The van der Waals surface area contributed by atoms with E-state index in [9.17, 15) is 14.7 Å². The van der Waals surface area contributed by atoms with E-state index in [1.165, 1.54) is 5.01 Å². The summed E-state index contributed by atoms with van der Waals surface area (Å²) in [6.07, 6.45) is 3.72. The van der Waals surface area contributed by atoms with E-state index >= 15 is 0 Å². The van der Waals surface area contributed by atoms with E-state index < -0.39 is 17.5 Å². The topological polar surface area (TPSA) is 81.7 Å². The average Bonchev–Trinajstić information content (AvgIpc) is 2.17. The van der Waals surface area contributed by atoms with Crippen LogP contribution in [0, 0.1) is 0 Å². The summed E-state index contributed by atoms with van der Waals surface area (Å²) in [7, 11) is 3.35. The van der Waals surface area contributed by atoms with Crippen molar-refractivity contribution in [2.75, 3.05) is 14.1 Å². The highest BCUT2D eigenvalue weighted by molar-refractivity contribution is 5.86. The number of carboxylic acid groups (broad SMARTS) is 1. The molecule has 92 valence electrons. The number of nitrogens with one attached hydrogen (secondary N) is 2. The highest BCUT2D eigenvalue weighted by Crippen LogP contribution is 2.28. The van der Waals surface area contributed by atoms with Crippen molar-refractivity contribution in [1.82, 2.24) is 15.8 Å². The molecule has 0 aromatic rings. The standard InChI is InChI=1S/C10H19N3O3/c1-13(2)12-9(16)11-10(8(14)15)6-4-3-5-7-10/h3-7H2,1-2H3,(H,14,15)(H2,11,12,16). The molecule has 16 heavy (non-hydrogen) atoms. The maximum Gasteiger partial charge on any atom is 0.330 e. The fraction of sp³-hybridized carbons (Fsp3) is 0.800. The molecular formula is C10H19N3O3. The summed E-state index contributed by atoms with van der Waals surface area (Å²) in [6.45, 7) is 0. The maximum absolute atomic E-state index is 11.5. The molecule has 0 atom stereocenters. The van der Waals surface area contributed by atoms with Crippen LogP contribution in [0.3, 0.4) is 0 Å². The lowest BCUT2D eigenvalue weighted by Crippen LogP contribution is -2.59. The number of aliphatic carboxylic acids is 1. The minimum atomic E-state index is -1.08. The fourth-order valence-corrected chi connectivity index (χ4v) is 2.00. The second kappa shape index (κ2) is 5.16. The summed E-state index contributed by atoms with van der Waals surface area (Å²) in [5.41, 5.74) is 1.40. The lowest BCUT2D eigenvalue weighted by molar-refractivity contribution is -0.145. The average molecular weight is 229 g/mol. The highest BCUT2D eigenvalue weighted by Gasteiger charge is 2.40. The van der Waals surface area contributed by atoms with Crippen molar-refractivity contribution >= 4 is 12.0 Å². The van der Waals surface area contributed by atoms with Gasteiger partial charge in [0.2, 0.25) is 0 Å². The van der Waals surface area contributed by atoms with E-state index in [1.807, 2.05) is 0 Å². The van der Waals surface area contributed by atoms with Gasteiger partial charge in [0, 0.05) is 14.1 Å². The first-order valence-corrected chi connectivity index (χ1v) is 5.46. The third-order valence-corrected chi connectivity index (χ3v) is 2.79. The molecule has 1 fully saturated rings. The number of hydrazine groups is 1. The van der Waals surface area contributed by atoms with Gasteiger partial charge in [-0.05, 0) is 12.8 Å². The lowest BCUT2D eigenvalue weighted by atomic mass is 9.82. The van der Waals surface area contributed by atoms with Gasteiger partial charge in [-0.1, -0.05) is 19.3 Å². The Morgan fingerprint density at radius 2 is 1.75 bits per heavy atom. The van der Waals surface area contributed by atoms with Gasteiger partial charge in [-0.2, -0.15) is 0 Å². The van der Waals surface area contributed by atoms with Crippen LogP contribution in [0.15, 0.2) is 0 Å². The number of carboxylic acids is 1. The molecule has 1 aliphatic rings. The van der Waals surface area contributed by atoms with Gasteiger partial charge in [-0.3, -0.25) is 5.43 Å². The SMILES string of the molecule is CN(C)NC(=O)NC1(C(=O)O)CCCCC1. The molecule has 0 bridgehead atoms. The molecule has 1 saturated carbocycles. The van der Waals surface area contributed by atoms with Crippen molar-refractivity contribution in [1.29, 1.82) is 0 Å². The van der Waals surface area contributed by atoms with Gasteiger partial charge in [-0.15, -0.1) is 0 Å². The Labute approximate surface area is 95.0 Å². The number of amides is 2. The summed E-state index contributed by atoms with van der Waals surface area (Å²) in [6, 6.07) is -0.464. The first-order chi connectivity index (χ1) is 7.46. The molecule has 3 N–H and O–H groups in total. The minimum Gasteiger partial charge on any atom is -0.480 e. The molecule has 1 aliphatic carbocycles. The fourth-order valence-electron chi connectivity index (χ4n) is 2.00. The summed E-state index contributed by atoms with van der Waals surface area (Å²) >= 11 is 0. The Morgan fingerprint density at radius 3 is 2.19 bits per heavy atom. The van der Waals surface area contributed by atoms with E-state index in [-0.39, 0.29) is 0 Å². The Bertz CT molecular complexity index is 272. The van der Waals surface area contributed by atoms with Crippen LogP contribution in [0.4, 0.5) is 4.79 Å². The lowest BCUT2D eigenvalue weighted by Gasteiger charge is -2.34. The Balaban J connectivity index is 2.64. The molecule has 0 saturated heterocycles. The number of carbonyl (C=O) groups is 2. The molecule has 1 rings (SSSR count). The van der Waals surface area contributed by atoms with Crippen molar-refractivity contribution in [3.05, 3.63) is 0 Å². The number of rotatable bonds is 3. The van der Waals surface area contributed by atoms with Crippen LogP contribution in [0.25, 0.3) is 0 Å². The molecule has 0 spiro atoms. The van der Waals surface area contributed by atoms with Crippen molar-refractivity contribution < 1.29 is 14.7 Å². The number of carbonyl (C=O) groups excluding carboxylic acids is 1. The monoisotopic (exact) mass is 229 g/mol. The molecule has 0 radical (unpaired) electrons. The van der Waals surface area contributed by atoms with Gasteiger partial charge in [-0.25, -0.2) is 14.6 Å². The second-order valence-corrected chi connectivity index (χ2v) is 4.41. The molecule has 2 amide bonds. The van der Waals surface area contributed by atoms with Crippen LogP contribution in [0.2, 0.25) is 0 Å². The predicted octanol–water partition coefficient (Wildman–Crippen LogP) is 0.550. The van der Waals surface area contributed by atoms with Crippen LogP contribution >= 0.6 is 0 Å². The molecular weight excluding hydrogens is 210 g/mol. The van der Waals surface area contributed by atoms with E-state index in [2.05, 4.69) is 10.7 Å². The van der Waals surface area contributed by atoms with Gasteiger partial charge in [0.15, 0.2) is 0 Å². The molecule has 6 heteroatoms. The first kappa shape index (κ1) is 12.8. The quantitative estimate of drug-likeness (QED) is 0.617. The zero-order chi connectivity index (χ0) is 12.2. The van der Waals surface area contributed by atoms with E-state index in [0.29, 0.717) is 12.8 Å². The zero-order valence-corrected chi connectivity index (χ0v) is 9.75. The molecule has 0 unspecified atom stereocenters. The molecule has 6 nitrogen and oxygen atoms in total. The van der Waals surface area contributed by atoms with Gasteiger partial charge >= 0.3 is 12.0 Å². The van der Waals surface area contributed by atoms with Crippen LogP contribution in [-0.4, -0.2) is 41.8 Å². The van der Waals surface area contributed by atoms with Crippen LogP contribution in [-0.2, 0) is 4.79 Å². The molecule has 0 aromatic heterocycles. The molecule has 0 aromatic carbocycles. The van der Waals surface area contributed by atoms with Crippen LogP contribution in [0.5, 0.6) is 0 Å². The highest BCUT2D eigenvalue weighted by atomic mass is 16.4. The van der Waals surface area contributed by atoms with E-state index in [4.69, 9.17) is 0 Å². The zero-order valence-electron chi connectivity index (χ0n) is 9.75. The van der Waals surface area contributed by atoms with Gasteiger partial charge in [0.25, 0.3) is 0 Å². The van der Waals surface area contributed by atoms with Crippen molar-refractivity contribution in [2.24, 2.45) is 0 Å². The number of urea groups is 1. The number of nitrogens with zero attached hydrogens (tertiary/aromatic N) is 1. The van der Waals surface area contributed by atoms with Gasteiger partial charge in [0.1, 0.15) is 5.54 Å². The maximum atomic E-state index is 11.5. The summed E-state index contributed by atoms with van der Waals surface area (Å²) in [4.78, 5) is 22.7. The largest absolute Gasteiger partial charge is 0.480 e. The first-order valence-electron chi connectivity index (χ1n) is 5.46. The Morgan fingerprint density at radius 1 is 1.19 bits per heavy atom. The molecule has 0 heterocycles. The van der Waals surface area contributed by atoms with Crippen LogP contribution in [0.1, 0.15) is 32.1 Å². The summed E-state index contributed by atoms with van der Waals surface area (Å²) in [5.74, 6) is -0.943. The molecule has 0 aliphatic heterocycles. The normalized spacial score (nSPS) is 19.2. The third kappa shape index (κ3) is 3.10.